The van der Waals surface area contributed by atoms with E-state index in [1.54, 1.807) is 0 Å². The van der Waals surface area contributed by atoms with Gasteiger partial charge in [-0.1, -0.05) is 11.3 Å². The molecule has 0 aliphatic rings. The van der Waals surface area contributed by atoms with Crippen molar-refractivity contribution < 1.29 is 35.9 Å². The molecule has 1 aromatic heterocycles. The molecule has 2 N–H and O–H groups in total. The van der Waals surface area contributed by atoms with Crippen LogP contribution >= 0.6 is 11.3 Å². The number of ether oxygens (including phenoxy) is 2. The third-order valence-corrected chi connectivity index (χ3v) is 6.17. The van der Waals surface area contributed by atoms with Gasteiger partial charge in [-0.2, -0.15) is 0 Å². The molecule has 0 atom stereocenters. The Kier molecular flexibility index (Phi) is 5.87. The van der Waals surface area contributed by atoms with Crippen LogP contribution in [0.25, 0.3) is 10.2 Å². The van der Waals surface area contributed by atoms with E-state index in [-0.39, 0.29) is 21.3 Å². The third kappa shape index (κ3) is 4.80. The molecule has 0 spiro atoms. The summed E-state index contributed by atoms with van der Waals surface area (Å²) in [5.41, 5.74) is 0.378. The Morgan fingerprint density at radius 3 is 2.53 bits per heavy atom. The molecule has 13 heteroatoms. The number of nitrogens with one attached hydrogen (secondary N) is 2. The predicted molar refractivity (Wildman–Crippen MR) is 103 cm³/mol. The van der Waals surface area contributed by atoms with Crippen LogP contribution < -0.4 is 19.5 Å². The minimum Gasteiger partial charge on any atom is -0.495 e. The Morgan fingerprint density at radius 1 is 1.17 bits per heavy atom. The number of carbonyl (C=O) groups excluding carboxylic acids is 1. The van der Waals surface area contributed by atoms with Crippen molar-refractivity contribution in [3.8, 4) is 11.5 Å². The van der Waals surface area contributed by atoms with E-state index >= 15 is 0 Å². The van der Waals surface area contributed by atoms with Crippen molar-refractivity contribution in [2.24, 2.45) is 0 Å². The van der Waals surface area contributed by atoms with E-state index in [4.69, 9.17) is 4.74 Å². The summed E-state index contributed by atoms with van der Waals surface area (Å²) in [5.74, 6) is -1.01. The summed E-state index contributed by atoms with van der Waals surface area (Å²) >= 11 is 0.937. The number of nitrogens with zero attached hydrogens (tertiary/aromatic N) is 1. The van der Waals surface area contributed by atoms with E-state index in [0.717, 1.165) is 29.5 Å². The molecule has 160 valence electrons. The molecule has 0 fully saturated rings. The second-order valence-corrected chi connectivity index (χ2v) is 8.61. The van der Waals surface area contributed by atoms with Gasteiger partial charge in [-0.15, -0.1) is 13.2 Å². The zero-order valence-corrected chi connectivity index (χ0v) is 17.0. The number of halogens is 3. The van der Waals surface area contributed by atoms with Crippen LogP contribution in [0, 0.1) is 0 Å². The average molecular weight is 461 g/mol. The maximum atomic E-state index is 12.5. The van der Waals surface area contributed by atoms with Gasteiger partial charge in [0, 0.05) is 11.6 Å². The highest BCUT2D eigenvalue weighted by molar-refractivity contribution is 7.89. The number of alkyl halides is 3. The normalized spacial score (nSPS) is 12.0. The molecule has 0 aliphatic carbocycles. The SMILES string of the molecule is CNS(=O)(=O)c1cc(C(=O)Nc2nc3ccc(OC(F)(F)F)cc3s2)ccc1OC. The standard InChI is InChI=1S/C17H14F3N3O5S2/c1-21-30(25,26)14-7-9(3-6-12(14)27-2)15(24)23-16-22-11-5-4-10(8-13(11)29-16)28-17(18,19)20/h3-8,21H,1-2H3,(H,22,23,24). The first kappa shape index (κ1) is 21.8. The maximum Gasteiger partial charge on any atom is 0.573 e. The zero-order chi connectivity index (χ0) is 22.1. The summed E-state index contributed by atoms with van der Waals surface area (Å²) in [4.78, 5) is 16.4. The van der Waals surface area contributed by atoms with Crippen molar-refractivity contribution >= 4 is 42.6 Å². The van der Waals surface area contributed by atoms with Gasteiger partial charge < -0.3 is 9.47 Å². The quantitative estimate of drug-likeness (QED) is 0.583. The van der Waals surface area contributed by atoms with E-state index in [1.807, 2.05) is 0 Å². The highest BCUT2D eigenvalue weighted by atomic mass is 32.2. The Bertz CT molecular complexity index is 1210. The number of benzene rings is 2. The average Bonchev–Trinajstić information content (AvgIpc) is 3.07. The van der Waals surface area contributed by atoms with Crippen molar-refractivity contribution in [3.05, 3.63) is 42.0 Å². The molecule has 1 heterocycles. The Hall–Kier alpha value is -2.90. The van der Waals surface area contributed by atoms with Gasteiger partial charge >= 0.3 is 6.36 Å². The highest BCUT2D eigenvalue weighted by Gasteiger charge is 2.31. The second kappa shape index (κ2) is 8.08. The van der Waals surface area contributed by atoms with Crippen LogP contribution in [-0.2, 0) is 10.0 Å². The highest BCUT2D eigenvalue weighted by Crippen LogP contribution is 2.32. The summed E-state index contributed by atoms with van der Waals surface area (Å²) in [7, 11) is -1.37. The van der Waals surface area contributed by atoms with Gasteiger partial charge in [0.15, 0.2) is 5.13 Å². The largest absolute Gasteiger partial charge is 0.573 e. The number of hydrogen-bond acceptors (Lipinski definition) is 7. The summed E-state index contributed by atoms with van der Waals surface area (Å²) in [6, 6.07) is 7.43. The Balaban J connectivity index is 1.87. The molecule has 30 heavy (non-hydrogen) atoms. The number of sulfonamides is 1. The molecular weight excluding hydrogens is 447 g/mol. The van der Waals surface area contributed by atoms with Crippen LogP contribution in [0.5, 0.6) is 11.5 Å². The summed E-state index contributed by atoms with van der Waals surface area (Å²) < 4.78 is 72.7. The fourth-order valence-corrected chi connectivity index (χ4v) is 4.27. The van der Waals surface area contributed by atoms with Gasteiger partial charge in [0.2, 0.25) is 10.0 Å². The first-order chi connectivity index (χ1) is 14.0. The van der Waals surface area contributed by atoms with E-state index < -0.39 is 28.0 Å². The number of carbonyl (C=O) groups is 1. The van der Waals surface area contributed by atoms with Crippen LogP contribution in [0.3, 0.4) is 0 Å². The van der Waals surface area contributed by atoms with Gasteiger partial charge in [0.25, 0.3) is 5.91 Å². The van der Waals surface area contributed by atoms with E-state index in [2.05, 4.69) is 19.8 Å². The molecular formula is C17H14F3N3O5S2. The van der Waals surface area contributed by atoms with Crippen molar-refractivity contribution in [1.82, 2.24) is 9.71 Å². The molecule has 3 aromatic rings. The number of rotatable bonds is 6. The number of hydrogen-bond donors (Lipinski definition) is 2. The second-order valence-electron chi connectivity index (χ2n) is 5.72. The number of fused-ring (bicyclic) bond motifs is 1. The molecule has 0 saturated heterocycles. The predicted octanol–water partition coefficient (Wildman–Crippen LogP) is 3.36. The van der Waals surface area contributed by atoms with E-state index in [0.29, 0.717) is 10.2 Å². The van der Waals surface area contributed by atoms with Gasteiger partial charge in [-0.25, -0.2) is 18.1 Å². The molecule has 2 aromatic carbocycles. The number of amides is 1. The van der Waals surface area contributed by atoms with Crippen molar-refractivity contribution in [2.45, 2.75) is 11.3 Å². The lowest BCUT2D eigenvalue weighted by Gasteiger charge is -2.10. The zero-order valence-electron chi connectivity index (χ0n) is 15.4. The monoisotopic (exact) mass is 461 g/mol. The number of thiazole rings is 1. The van der Waals surface area contributed by atoms with Crippen LogP contribution in [0.2, 0.25) is 0 Å². The lowest BCUT2D eigenvalue weighted by Crippen LogP contribution is -2.20. The lowest BCUT2D eigenvalue weighted by atomic mass is 10.2. The van der Waals surface area contributed by atoms with E-state index in [1.165, 1.54) is 32.4 Å². The van der Waals surface area contributed by atoms with E-state index in [9.17, 15) is 26.4 Å². The Labute approximate surface area is 172 Å². The van der Waals surface area contributed by atoms with Crippen LogP contribution in [0.4, 0.5) is 18.3 Å². The maximum absolute atomic E-state index is 12.5. The molecule has 0 aliphatic heterocycles. The minimum absolute atomic E-state index is 0.0185. The van der Waals surface area contributed by atoms with Crippen LogP contribution in [0.1, 0.15) is 10.4 Å². The van der Waals surface area contributed by atoms with Gasteiger partial charge in [-0.05, 0) is 37.4 Å². The fourth-order valence-electron chi connectivity index (χ4n) is 2.46. The molecule has 0 bridgehead atoms. The third-order valence-electron chi connectivity index (χ3n) is 3.80. The van der Waals surface area contributed by atoms with Crippen LogP contribution in [0.15, 0.2) is 41.3 Å². The van der Waals surface area contributed by atoms with Crippen molar-refractivity contribution in [1.29, 1.82) is 0 Å². The van der Waals surface area contributed by atoms with Crippen molar-refractivity contribution in [2.75, 3.05) is 19.5 Å². The minimum atomic E-state index is -4.82. The molecule has 1 amide bonds. The fraction of sp³-hybridized carbons (Fsp3) is 0.176. The summed E-state index contributed by atoms with van der Waals surface area (Å²) in [5, 5.41) is 2.62. The summed E-state index contributed by atoms with van der Waals surface area (Å²) in [6.45, 7) is 0. The molecule has 0 saturated carbocycles. The van der Waals surface area contributed by atoms with Crippen LogP contribution in [-0.4, -0.2) is 39.8 Å². The first-order valence-electron chi connectivity index (χ1n) is 8.11. The van der Waals surface area contributed by atoms with Crippen molar-refractivity contribution in [3.63, 3.8) is 0 Å². The molecule has 8 nitrogen and oxygen atoms in total. The number of methoxy groups -OCH3 is 1. The number of aromatic nitrogens is 1. The Morgan fingerprint density at radius 2 is 1.90 bits per heavy atom. The smallest absolute Gasteiger partial charge is 0.495 e. The summed E-state index contributed by atoms with van der Waals surface area (Å²) in [6.07, 6.45) is -4.82. The molecule has 0 radical (unpaired) electrons. The topological polar surface area (TPSA) is 107 Å². The molecule has 0 unspecified atom stereocenters. The first-order valence-corrected chi connectivity index (χ1v) is 10.4. The molecule has 3 rings (SSSR count). The van der Waals surface area contributed by atoms with Gasteiger partial charge in [-0.3, -0.25) is 10.1 Å². The lowest BCUT2D eigenvalue weighted by molar-refractivity contribution is -0.274. The van der Waals surface area contributed by atoms with Gasteiger partial charge in [0.1, 0.15) is 16.4 Å². The van der Waals surface area contributed by atoms with Gasteiger partial charge in [0.05, 0.1) is 17.3 Å². The number of anilines is 1.